The number of sulfonamides is 1. The van der Waals surface area contributed by atoms with Crippen molar-refractivity contribution >= 4 is 16.0 Å². The lowest BCUT2D eigenvalue weighted by Crippen LogP contribution is -2.35. The van der Waals surface area contributed by atoms with Gasteiger partial charge < -0.3 is 10.1 Å². The Morgan fingerprint density at radius 1 is 1.39 bits per heavy atom. The number of rotatable bonds is 7. The molecule has 0 radical (unpaired) electrons. The minimum atomic E-state index is -3.60. The van der Waals surface area contributed by atoms with Gasteiger partial charge in [0, 0.05) is 19.7 Å². The Bertz CT molecular complexity index is 461. The van der Waals surface area contributed by atoms with Crippen LogP contribution in [0.3, 0.4) is 0 Å². The molecule has 1 heterocycles. The van der Waals surface area contributed by atoms with Crippen LogP contribution in [0.5, 0.6) is 0 Å². The van der Waals surface area contributed by atoms with Crippen molar-refractivity contribution in [1.82, 2.24) is 14.7 Å². The highest BCUT2D eigenvalue weighted by Gasteiger charge is 2.18. The first-order chi connectivity index (χ1) is 8.49. The maximum Gasteiger partial charge on any atom is 0.243 e. The maximum absolute atomic E-state index is 11.9. The highest BCUT2D eigenvalue weighted by molar-refractivity contribution is 7.89. The van der Waals surface area contributed by atoms with Gasteiger partial charge in [0.2, 0.25) is 16.0 Å². The van der Waals surface area contributed by atoms with Crippen LogP contribution < -0.4 is 10.0 Å². The summed E-state index contributed by atoms with van der Waals surface area (Å²) in [5.74, 6) is 0.404. The molecule has 8 heteroatoms. The van der Waals surface area contributed by atoms with Crippen molar-refractivity contribution in [3.63, 3.8) is 0 Å². The zero-order valence-electron chi connectivity index (χ0n) is 10.7. The first-order valence-corrected chi connectivity index (χ1v) is 7.05. The topological polar surface area (TPSA) is 93.2 Å². The predicted molar refractivity (Wildman–Crippen MR) is 67.9 cm³/mol. The second-order valence-corrected chi connectivity index (χ2v) is 5.46. The van der Waals surface area contributed by atoms with Gasteiger partial charge in [0.05, 0.1) is 19.0 Å². The van der Waals surface area contributed by atoms with Crippen LogP contribution >= 0.6 is 0 Å². The van der Waals surface area contributed by atoms with E-state index in [2.05, 4.69) is 20.0 Å². The average molecular weight is 274 g/mol. The summed E-state index contributed by atoms with van der Waals surface area (Å²) in [7, 11) is -2.08. The maximum atomic E-state index is 11.9. The molecule has 0 aliphatic carbocycles. The van der Waals surface area contributed by atoms with E-state index in [1.807, 2.05) is 6.92 Å². The molecule has 0 aromatic carbocycles. The standard InChI is InChI=1S/C10H18N4O3S/c1-4-11-10-12-5-9(6-13-10)18(15,16)14-8(2)7-17-3/h5-6,8,14H,4,7H2,1-3H3,(H,11,12,13). The molecule has 0 spiro atoms. The predicted octanol–water partition coefficient (Wildman–Crippen LogP) is 0.222. The van der Waals surface area contributed by atoms with Crippen molar-refractivity contribution in [2.45, 2.75) is 24.8 Å². The molecular formula is C10H18N4O3S. The van der Waals surface area contributed by atoms with E-state index in [9.17, 15) is 8.42 Å². The van der Waals surface area contributed by atoms with Gasteiger partial charge >= 0.3 is 0 Å². The van der Waals surface area contributed by atoms with Crippen LogP contribution in [0.1, 0.15) is 13.8 Å². The highest BCUT2D eigenvalue weighted by atomic mass is 32.2. The van der Waals surface area contributed by atoms with Gasteiger partial charge in [0.1, 0.15) is 4.90 Å². The van der Waals surface area contributed by atoms with E-state index in [0.717, 1.165) is 0 Å². The molecule has 1 aromatic heterocycles. The summed E-state index contributed by atoms with van der Waals surface area (Å²) >= 11 is 0. The molecule has 7 nitrogen and oxygen atoms in total. The Morgan fingerprint density at radius 2 is 2.00 bits per heavy atom. The zero-order valence-corrected chi connectivity index (χ0v) is 11.5. The van der Waals surface area contributed by atoms with Crippen LogP contribution in [0.15, 0.2) is 17.3 Å². The van der Waals surface area contributed by atoms with E-state index >= 15 is 0 Å². The Morgan fingerprint density at radius 3 is 2.50 bits per heavy atom. The molecule has 18 heavy (non-hydrogen) atoms. The number of aromatic nitrogens is 2. The molecule has 1 unspecified atom stereocenters. The Balaban J connectivity index is 2.78. The molecule has 102 valence electrons. The summed E-state index contributed by atoms with van der Waals surface area (Å²) < 4.78 is 31.2. The first-order valence-electron chi connectivity index (χ1n) is 5.56. The third-order valence-electron chi connectivity index (χ3n) is 2.05. The summed E-state index contributed by atoms with van der Waals surface area (Å²) in [6.45, 7) is 4.60. The Kier molecular flexibility index (Phi) is 5.45. The first kappa shape index (κ1) is 14.8. The number of hydrogen-bond donors (Lipinski definition) is 2. The number of nitrogens with one attached hydrogen (secondary N) is 2. The second-order valence-electron chi connectivity index (χ2n) is 3.75. The SMILES string of the molecule is CCNc1ncc(S(=O)(=O)NC(C)COC)cn1. The van der Waals surface area contributed by atoms with Gasteiger partial charge in [0.15, 0.2) is 0 Å². The van der Waals surface area contributed by atoms with Gasteiger partial charge in [-0.25, -0.2) is 23.1 Å². The third kappa shape index (κ3) is 4.21. The molecule has 0 fully saturated rings. The average Bonchev–Trinajstić information content (AvgIpc) is 2.29. The van der Waals surface area contributed by atoms with E-state index in [0.29, 0.717) is 19.1 Å². The number of anilines is 1. The van der Waals surface area contributed by atoms with Gasteiger partial charge in [-0.1, -0.05) is 0 Å². The number of methoxy groups -OCH3 is 1. The molecule has 0 saturated carbocycles. The fraction of sp³-hybridized carbons (Fsp3) is 0.600. The molecule has 1 rings (SSSR count). The number of nitrogens with zero attached hydrogens (tertiary/aromatic N) is 2. The Hall–Kier alpha value is -1.25. The molecule has 1 atom stereocenters. The molecule has 0 amide bonds. The van der Waals surface area contributed by atoms with Crippen molar-refractivity contribution < 1.29 is 13.2 Å². The normalized spacial score (nSPS) is 13.3. The van der Waals surface area contributed by atoms with E-state index < -0.39 is 10.0 Å². The van der Waals surface area contributed by atoms with E-state index in [1.54, 1.807) is 6.92 Å². The molecule has 0 bridgehead atoms. The molecular weight excluding hydrogens is 256 g/mol. The van der Waals surface area contributed by atoms with Crippen molar-refractivity contribution in [3.05, 3.63) is 12.4 Å². The van der Waals surface area contributed by atoms with Crippen LogP contribution in [-0.2, 0) is 14.8 Å². The quantitative estimate of drug-likeness (QED) is 0.739. The monoisotopic (exact) mass is 274 g/mol. The Labute approximate surface area is 107 Å². The lowest BCUT2D eigenvalue weighted by Gasteiger charge is -2.12. The largest absolute Gasteiger partial charge is 0.383 e. The van der Waals surface area contributed by atoms with Crippen LogP contribution in [0.4, 0.5) is 5.95 Å². The molecule has 0 aliphatic rings. The van der Waals surface area contributed by atoms with Gasteiger partial charge in [0.25, 0.3) is 0 Å². The third-order valence-corrected chi connectivity index (χ3v) is 3.59. The van der Waals surface area contributed by atoms with Gasteiger partial charge in [-0.05, 0) is 13.8 Å². The summed E-state index contributed by atoms with van der Waals surface area (Å²) in [4.78, 5) is 7.87. The van der Waals surface area contributed by atoms with E-state index in [1.165, 1.54) is 19.5 Å². The summed E-state index contributed by atoms with van der Waals surface area (Å²) in [6.07, 6.45) is 2.54. The number of hydrogen-bond acceptors (Lipinski definition) is 6. The molecule has 0 saturated heterocycles. The van der Waals surface area contributed by atoms with Crippen molar-refractivity contribution in [2.24, 2.45) is 0 Å². The smallest absolute Gasteiger partial charge is 0.243 e. The summed E-state index contributed by atoms with van der Waals surface area (Å²) in [5.41, 5.74) is 0. The van der Waals surface area contributed by atoms with Crippen molar-refractivity contribution in [1.29, 1.82) is 0 Å². The van der Waals surface area contributed by atoms with Gasteiger partial charge in [-0.15, -0.1) is 0 Å². The van der Waals surface area contributed by atoms with Gasteiger partial charge in [-0.2, -0.15) is 0 Å². The molecule has 2 N–H and O–H groups in total. The minimum Gasteiger partial charge on any atom is -0.383 e. The van der Waals surface area contributed by atoms with Crippen molar-refractivity contribution in [3.8, 4) is 0 Å². The summed E-state index contributed by atoms with van der Waals surface area (Å²) in [5, 5.41) is 2.89. The lowest BCUT2D eigenvalue weighted by molar-refractivity contribution is 0.180. The second kappa shape index (κ2) is 6.62. The van der Waals surface area contributed by atoms with Gasteiger partial charge in [-0.3, -0.25) is 0 Å². The van der Waals surface area contributed by atoms with E-state index in [-0.39, 0.29) is 10.9 Å². The van der Waals surface area contributed by atoms with E-state index in [4.69, 9.17) is 4.74 Å². The molecule has 1 aromatic rings. The number of ether oxygens (including phenoxy) is 1. The fourth-order valence-electron chi connectivity index (χ4n) is 1.32. The van der Waals surface area contributed by atoms with Crippen molar-refractivity contribution in [2.75, 3.05) is 25.6 Å². The lowest BCUT2D eigenvalue weighted by atomic mass is 10.4. The van der Waals surface area contributed by atoms with Crippen LogP contribution in [0, 0.1) is 0 Å². The van der Waals surface area contributed by atoms with Crippen LogP contribution in [0.25, 0.3) is 0 Å². The molecule has 0 aliphatic heterocycles. The zero-order chi connectivity index (χ0) is 13.6. The highest BCUT2D eigenvalue weighted by Crippen LogP contribution is 2.08. The summed E-state index contributed by atoms with van der Waals surface area (Å²) in [6, 6.07) is -0.312. The fourth-order valence-corrected chi connectivity index (χ4v) is 2.44. The van der Waals surface area contributed by atoms with Crippen LogP contribution in [0.2, 0.25) is 0 Å². The van der Waals surface area contributed by atoms with Crippen LogP contribution in [-0.4, -0.2) is 44.7 Å². The minimum absolute atomic E-state index is 0.0344.